The van der Waals surface area contributed by atoms with Crippen LogP contribution in [0.15, 0.2) is 30.3 Å². The molecular weight excluding hydrogens is 230 g/mol. The molecule has 5 heteroatoms. The molecule has 18 heavy (non-hydrogen) atoms. The largest absolute Gasteiger partial charge is 0.478 e. The van der Waals surface area contributed by atoms with Crippen LogP contribution in [0.3, 0.4) is 0 Å². The van der Waals surface area contributed by atoms with Gasteiger partial charge in [0.1, 0.15) is 11.4 Å². The molecule has 0 aliphatic carbocycles. The van der Waals surface area contributed by atoms with Crippen molar-refractivity contribution in [3.63, 3.8) is 0 Å². The molecule has 0 amide bonds. The van der Waals surface area contributed by atoms with E-state index in [0.717, 1.165) is 11.3 Å². The third-order valence-corrected chi connectivity index (χ3v) is 2.77. The number of carboxylic acids is 1. The third-order valence-electron chi connectivity index (χ3n) is 2.77. The zero-order chi connectivity index (χ0) is 13.3. The van der Waals surface area contributed by atoms with E-state index in [1.807, 2.05) is 43.3 Å². The fourth-order valence-corrected chi connectivity index (χ4v) is 1.74. The molecule has 1 aromatic heterocycles. The Hall–Kier alpha value is -2.43. The van der Waals surface area contributed by atoms with Gasteiger partial charge >= 0.3 is 5.97 Å². The van der Waals surface area contributed by atoms with Gasteiger partial charge in [-0.1, -0.05) is 12.1 Å². The zero-order valence-electron chi connectivity index (χ0n) is 10.3. The quantitative estimate of drug-likeness (QED) is 0.772. The number of nitrogens with two attached hydrogens (primary N) is 1. The van der Waals surface area contributed by atoms with E-state index in [0.29, 0.717) is 5.69 Å². The SMILES string of the molecule is CN(C)c1ccc(-c2cc(C(=O)O)c(N)[nH]2)cc1. The van der Waals surface area contributed by atoms with Crippen LogP contribution < -0.4 is 10.6 Å². The minimum absolute atomic E-state index is 0.0988. The van der Waals surface area contributed by atoms with E-state index in [-0.39, 0.29) is 11.4 Å². The first-order valence-corrected chi connectivity index (χ1v) is 5.48. The van der Waals surface area contributed by atoms with Gasteiger partial charge in [-0.2, -0.15) is 0 Å². The maximum absolute atomic E-state index is 10.9. The molecule has 0 saturated carbocycles. The summed E-state index contributed by atoms with van der Waals surface area (Å²) < 4.78 is 0. The molecular formula is C13H15N3O2. The number of hydrogen-bond acceptors (Lipinski definition) is 3. The van der Waals surface area contributed by atoms with Gasteiger partial charge in [0.2, 0.25) is 0 Å². The van der Waals surface area contributed by atoms with Crippen molar-refractivity contribution in [1.82, 2.24) is 4.98 Å². The van der Waals surface area contributed by atoms with E-state index < -0.39 is 5.97 Å². The summed E-state index contributed by atoms with van der Waals surface area (Å²) in [6.45, 7) is 0. The number of rotatable bonds is 3. The van der Waals surface area contributed by atoms with Gasteiger partial charge in [0.25, 0.3) is 0 Å². The Morgan fingerprint density at radius 2 is 1.89 bits per heavy atom. The first kappa shape index (κ1) is 12.0. The molecule has 1 aromatic carbocycles. The fourth-order valence-electron chi connectivity index (χ4n) is 1.74. The van der Waals surface area contributed by atoms with E-state index in [1.54, 1.807) is 6.07 Å². The van der Waals surface area contributed by atoms with Crippen LogP contribution in [0.4, 0.5) is 11.5 Å². The maximum Gasteiger partial charge on any atom is 0.339 e. The molecule has 0 bridgehead atoms. The van der Waals surface area contributed by atoms with Gasteiger partial charge in [0.05, 0.1) is 0 Å². The highest BCUT2D eigenvalue weighted by Crippen LogP contribution is 2.25. The minimum atomic E-state index is -1.03. The Labute approximate surface area is 105 Å². The Balaban J connectivity index is 2.37. The highest BCUT2D eigenvalue weighted by Gasteiger charge is 2.12. The van der Waals surface area contributed by atoms with Gasteiger partial charge in [-0.3, -0.25) is 0 Å². The van der Waals surface area contributed by atoms with E-state index >= 15 is 0 Å². The van der Waals surface area contributed by atoms with E-state index in [1.165, 1.54) is 0 Å². The van der Waals surface area contributed by atoms with Crippen LogP contribution in [0.25, 0.3) is 11.3 Å². The number of carbonyl (C=O) groups is 1. The van der Waals surface area contributed by atoms with Crippen molar-refractivity contribution in [3.8, 4) is 11.3 Å². The molecule has 0 aliphatic heterocycles. The van der Waals surface area contributed by atoms with E-state index in [2.05, 4.69) is 4.98 Å². The number of H-pyrrole nitrogens is 1. The Bertz CT molecular complexity index is 570. The number of carboxylic acid groups (broad SMARTS) is 1. The molecule has 0 saturated heterocycles. The first-order valence-electron chi connectivity index (χ1n) is 5.48. The van der Waals surface area contributed by atoms with Gasteiger partial charge in [0.15, 0.2) is 0 Å². The number of hydrogen-bond donors (Lipinski definition) is 3. The number of aromatic carboxylic acids is 1. The van der Waals surface area contributed by atoms with Gasteiger partial charge in [-0.25, -0.2) is 4.79 Å². The smallest absolute Gasteiger partial charge is 0.339 e. The molecule has 0 atom stereocenters. The van der Waals surface area contributed by atoms with E-state index in [4.69, 9.17) is 10.8 Å². The second-order valence-corrected chi connectivity index (χ2v) is 4.26. The summed E-state index contributed by atoms with van der Waals surface area (Å²) in [5, 5.41) is 8.94. The lowest BCUT2D eigenvalue weighted by Gasteiger charge is -2.12. The summed E-state index contributed by atoms with van der Waals surface area (Å²) in [6.07, 6.45) is 0. The number of nitrogens with one attached hydrogen (secondary N) is 1. The number of aromatic amines is 1. The highest BCUT2D eigenvalue weighted by atomic mass is 16.4. The molecule has 0 unspecified atom stereocenters. The Kier molecular flexibility index (Phi) is 2.97. The lowest BCUT2D eigenvalue weighted by atomic mass is 10.1. The molecule has 94 valence electrons. The van der Waals surface area contributed by atoms with Crippen LogP contribution in [-0.4, -0.2) is 30.2 Å². The first-order chi connectivity index (χ1) is 8.49. The summed E-state index contributed by atoms with van der Waals surface area (Å²) in [5.41, 5.74) is 8.40. The number of nitrogen functional groups attached to an aromatic ring is 1. The zero-order valence-corrected chi connectivity index (χ0v) is 10.3. The summed E-state index contributed by atoms with van der Waals surface area (Å²) in [6, 6.07) is 9.32. The molecule has 2 rings (SSSR count). The lowest BCUT2D eigenvalue weighted by molar-refractivity contribution is 0.0698. The molecule has 4 N–H and O–H groups in total. The van der Waals surface area contributed by atoms with Crippen molar-refractivity contribution in [3.05, 3.63) is 35.9 Å². The van der Waals surface area contributed by atoms with Gasteiger partial charge < -0.3 is 20.7 Å². The lowest BCUT2D eigenvalue weighted by Crippen LogP contribution is -2.07. The van der Waals surface area contributed by atoms with Crippen molar-refractivity contribution in [2.45, 2.75) is 0 Å². The summed E-state index contributed by atoms with van der Waals surface area (Å²) >= 11 is 0. The van der Waals surface area contributed by atoms with Crippen LogP contribution in [0.5, 0.6) is 0 Å². The molecule has 0 spiro atoms. The summed E-state index contributed by atoms with van der Waals surface area (Å²) in [5.74, 6) is -0.853. The second-order valence-electron chi connectivity index (χ2n) is 4.26. The normalized spacial score (nSPS) is 10.3. The van der Waals surface area contributed by atoms with Crippen LogP contribution >= 0.6 is 0 Å². The van der Waals surface area contributed by atoms with Crippen molar-refractivity contribution in [2.24, 2.45) is 0 Å². The Morgan fingerprint density at radius 1 is 1.28 bits per heavy atom. The average molecular weight is 245 g/mol. The van der Waals surface area contributed by atoms with Crippen LogP contribution in [0, 0.1) is 0 Å². The van der Waals surface area contributed by atoms with E-state index in [9.17, 15) is 4.79 Å². The average Bonchev–Trinajstić information content (AvgIpc) is 2.71. The minimum Gasteiger partial charge on any atom is -0.478 e. The second kappa shape index (κ2) is 4.44. The third kappa shape index (κ3) is 2.15. The molecule has 0 radical (unpaired) electrons. The molecule has 0 fully saturated rings. The summed E-state index contributed by atoms with van der Waals surface area (Å²) in [4.78, 5) is 15.8. The van der Waals surface area contributed by atoms with Crippen molar-refractivity contribution >= 4 is 17.5 Å². The number of nitrogens with zero attached hydrogens (tertiary/aromatic N) is 1. The van der Waals surface area contributed by atoms with Crippen LogP contribution in [0.1, 0.15) is 10.4 Å². The fraction of sp³-hybridized carbons (Fsp3) is 0.154. The maximum atomic E-state index is 10.9. The number of aromatic nitrogens is 1. The van der Waals surface area contributed by atoms with Crippen LogP contribution in [-0.2, 0) is 0 Å². The summed E-state index contributed by atoms with van der Waals surface area (Å²) in [7, 11) is 3.92. The van der Waals surface area contributed by atoms with Crippen molar-refractivity contribution < 1.29 is 9.90 Å². The van der Waals surface area contributed by atoms with Crippen LogP contribution in [0.2, 0.25) is 0 Å². The molecule has 5 nitrogen and oxygen atoms in total. The van der Waals surface area contributed by atoms with Gasteiger partial charge in [-0.15, -0.1) is 0 Å². The van der Waals surface area contributed by atoms with Crippen molar-refractivity contribution in [2.75, 3.05) is 24.7 Å². The topological polar surface area (TPSA) is 82.3 Å². The van der Waals surface area contributed by atoms with Gasteiger partial charge in [-0.05, 0) is 23.8 Å². The molecule has 0 aliphatic rings. The van der Waals surface area contributed by atoms with Crippen molar-refractivity contribution in [1.29, 1.82) is 0 Å². The standard InChI is InChI=1S/C13H15N3O2/c1-16(2)9-5-3-8(4-6-9)11-7-10(13(17)18)12(14)15-11/h3-7,15H,14H2,1-2H3,(H,17,18). The monoisotopic (exact) mass is 245 g/mol. The molecule has 2 aromatic rings. The number of anilines is 2. The highest BCUT2D eigenvalue weighted by molar-refractivity contribution is 5.94. The Morgan fingerprint density at radius 3 is 2.33 bits per heavy atom. The number of benzene rings is 1. The predicted molar refractivity (Wildman–Crippen MR) is 71.9 cm³/mol. The predicted octanol–water partition coefficient (Wildman–Crippen LogP) is 2.03. The molecule has 1 heterocycles. The van der Waals surface area contributed by atoms with Gasteiger partial charge in [0, 0.05) is 25.5 Å².